The van der Waals surface area contributed by atoms with Crippen LogP contribution in [0, 0.1) is 5.82 Å². The van der Waals surface area contributed by atoms with Crippen LogP contribution in [-0.2, 0) is 4.74 Å². The number of ether oxygens (including phenoxy) is 1. The molecule has 1 unspecified atom stereocenters. The van der Waals surface area contributed by atoms with E-state index in [9.17, 15) is 4.39 Å². The maximum Gasteiger partial charge on any atom is 0.139 e. The van der Waals surface area contributed by atoms with E-state index >= 15 is 0 Å². The second-order valence-electron chi connectivity index (χ2n) is 3.13. The number of nitrogens with one attached hydrogen (secondary N) is 1. The van der Waals surface area contributed by atoms with Gasteiger partial charge >= 0.3 is 0 Å². The monoisotopic (exact) mass is 261 g/mol. The summed E-state index contributed by atoms with van der Waals surface area (Å²) in [5.74, 6) is -0.264. The molecule has 1 N–H and O–H groups in total. The molecule has 1 aromatic carbocycles. The fraction of sp³-hybridized carbons (Fsp3) is 0.400. The van der Waals surface area contributed by atoms with Gasteiger partial charge in [-0.2, -0.15) is 0 Å². The largest absolute Gasteiger partial charge is 0.383 e. The van der Waals surface area contributed by atoms with E-state index in [0.717, 1.165) is 5.69 Å². The number of anilines is 1. The molecule has 0 amide bonds. The Labute approximate surface area is 91.6 Å². The number of methoxy groups -OCH3 is 1. The van der Waals surface area contributed by atoms with Crippen molar-refractivity contribution in [3.63, 3.8) is 0 Å². The number of hydrogen-bond acceptors (Lipinski definition) is 2. The van der Waals surface area contributed by atoms with E-state index in [1.165, 1.54) is 6.07 Å². The smallest absolute Gasteiger partial charge is 0.139 e. The Morgan fingerprint density at radius 1 is 1.57 bits per heavy atom. The van der Waals surface area contributed by atoms with Crippen molar-refractivity contribution in [1.82, 2.24) is 0 Å². The summed E-state index contributed by atoms with van der Waals surface area (Å²) in [4.78, 5) is 0. The predicted octanol–water partition coefficient (Wildman–Crippen LogP) is 3.04. The minimum absolute atomic E-state index is 0.167. The van der Waals surface area contributed by atoms with Crippen LogP contribution in [0.2, 0.25) is 0 Å². The number of hydrogen-bond donors (Lipinski definition) is 1. The molecule has 0 aliphatic carbocycles. The van der Waals surface area contributed by atoms with Crippen molar-refractivity contribution >= 4 is 21.6 Å². The number of benzene rings is 1. The summed E-state index contributed by atoms with van der Waals surface area (Å²) in [6, 6.07) is 5.12. The summed E-state index contributed by atoms with van der Waals surface area (Å²) in [6.07, 6.45) is 0. The molecule has 0 aliphatic rings. The maximum absolute atomic E-state index is 13.1. The van der Waals surface area contributed by atoms with Crippen molar-refractivity contribution in [2.45, 2.75) is 13.0 Å². The van der Waals surface area contributed by atoms with Crippen molar-refractivity contribution in [3.8, 4) is 0 Å². The van der Waals surface area contributed by atoms with Gasteiger partial charge in [0.15, 0.2) is 0 Å². The lowest BCUT2D eigenvalue weighted by Crippen LogP contribution is -2.20. The van der Waals surface area contributed by atoms with Crippen LogP contribution in [0.3, 0.4) is 0 Å². The molecular formula is C10H13BrFNO. The lowest BCUT2D eigenvalue weighted by molar-refractivity contribution is 0.190. The van der Waals surface area contributed by atoms with E-state index in [-0.39, 0.29) is 11.9 Å². The molecule has 4 heteroatoms. The summed E-state index contributed by atoms with van der Waals surface area (Å²) in [5.41, 5.74) is 0.759. The Hall–Kier alpha value is -0.610. The first-order chi connectivity index (χ1) is 6.63. The standard InChI is InChI=1S/C10H13BrFNO/c1-7(6-14-2)13-8-3-4-9(11)10(12)5-8/h3-5,7,13H,6H2,1-2H3. The van der Waals surface area contributed by atoms with Crippen LogP contribution in [0.15, 0.2) is 22.7 Å². The average Bonchev–Trinajstić information content (AvgIpc) is 2.12. The highest BCUT2D eigenvalue weighted by molar-refractivity contribution is 9.10. The molecule has 1 rings (SSSR count). The van der Waals surface area contributed by atoms with Gasteiger partial charge in [-0.1, -0.05) is 0 Å². The Bertz CT molecular complexity index is 306. The van der Waals surface area contributed by atoms with Gasteiger partial charge in [0, 0.05) is 18.8 Å². The predicted molar refractivity (Wildman–Crippen MR) is 59.1 cm³/mol. The molecule has 0 fully saturated rings. The van der Waals surface area contributed by atoms with E-state index < -0.39 is 0 Å². The SMILES string of the molecule is COCC(C)Nc1ccc(Br)c(F)c1. The molecule has 0 spiro atoms. The fourth-order valence-corrected chi connectivity index (χ4v) is 1.41. The van der Waals surface area contributed by atoms with E-state index in [1.807, 2.05) is 13.0 Å². The summed E-state index contributed by atoms with van der Waals surface area (Å²) in [7, 11) is 1.64. The third kappa shape index (κ3) is 3.27. The highest BCUT2D eigenvalue weighted by Gasteiger charge is 2.03. The molecule has 1 aromatic rings. The molecular weight excluding hydrogens is 249 g/mol. The van der Waals surface area contributed by atoms with E-state index in [4.69, 9.17) is 4.74 Å². The molecule has 0 bridgehead atoms. The van der Waals surface area contributed by atoms with Crippen molar-refractivity contribution < 1.29 is 9.13 Å². The Morgan fingerprint density at radius 3 is 2.86 bits per heavy atom. The van der Waals surface area contributed by atoms with E-state index in [0.29, 0.717) is 11.1 Å². The van der Waals surface area contributed by atoms with Gasteiger partial charge in [-0.3, -0.25) is 0 Å². The van der Waals surface area contributed by atoms with Gasteiger partial charge in [-0.15, -0.1) is 0 Å². The second-order valence-corrected chi connectivity index (χ2v) is 3.98. The van der Waals surface area contributed by atoms with Gasteiger partial charge in [0.2, 0.25) is 0 Å². The highest BCUT2D eigenvalue weighted by atomic mass is 79.9. The third-order valence-electron chi connectivity index (χ3n) is 1.75. The molecule has 0 saturated heterocycles. The zero-order valence-electron chi connectivity index (χ0n) is 8.18. The lowest BCUT2D eigenvalue weighted by Gasteiger charge is -2.14. The number of halogens is 2. The minimum atomic E-state index is -0.264. The van der Waals surface area contributed by atoms with E-state index in [1.54, 1.807) is 13.2 Å². The minimum Gasteiger partial charge on any atom is -0.383 e. The summed E-state index contributed by atoms with van der Waals surface area (Å²) < 4.78 is 18.5. The van der Waals surface area contributed by atoms with Crippen LogP contribution in [0.25, 0.3) is 0 Å². The van der Waals surface area contributed by atoms with Gasteiger partial charge in [0.25, 0.3) is 0 Å². The van der Waals surface area contributed by atoms with Crippen LogP contribution in [0.1, 0.15) is 6.92 Å². The fourth-order valence-electron chi connectivity index (χ4n) is 1.16. The van der Waals surface area contributed by atoms with Crippen molar-refractivity contribution in [2.24, 2.45) is 0 Å². The molecule has 78 valence electrons. The summed E-state index contributed by atoms with van der Waals surface area (Å²) in [6.45, 7) is 2.57. The van der Waals surface area contributed by atoms with Gasteiger partial charge in [0.1, 0.15) is 5.82 Å². The second kappa shape index (κ2) is 5.32. The lowest BCUT2D eigenvalue weighted by atomic mass is 10.2. The first-order valence-electron chi connectivity index (χ1n) is 4.34. The van der Waals surface area contributed by atoms with Gasteiger partial charge in [-0.25, -0.2) is 4.39 Å². The molecule has 0 aromatic heterocycles. The van der Waals surface area contributed by atoms with Crippen LogP contribution >= 0.6 is 15.9 Å². The molecule has 1 atom stereocenters. The van der Waals surface area contributed by atoms with Crippen LogP contribution in [0.5, 0.6) is 0 Å². The van der Waals surface area contributed by atoms with Crippen LogP contribution in [0.4, 0.5) is 10.1 Å². The zero-order chi connectivity index (χ0) is 10.6. The van der Waals surface area contributed by atoms with Crippen molar-refractivity contribution in [1.29, 1.82) is 0 Å². The van der Waals surface area contributed by atoms with Crippen molar-refractivity contribution in [2.75, 3.05) is 19.0 Å². The average molecular weight is 262 g/mol. The summed E-state index contributed by atoms with van der Waals surface area (Å²) >= 11 is 3.10. The third-order valence-corrected chi connectivity index (χ3v) is 2.39. The van der Waals surface area contributed by atoms with Gasteiger partial charge < -0.3 is 10.1 Å². The van der Waals surface area contributed by atoms with Crippen LogP contribution in [-0.4, -0.2) is 19.8 Å². The first-order valence-corrected chi connectivity index (χ1v) is 5.13. The normalized spacial score (nSPS) is 12.6. The van der Waals surface area contributed by atoms with Gasteiger partial charge in [0.05, 0.1) is 11.1 Å². The zero-order valence-corrected chi connectivity index (χ0v) is 9.77. The topological polar surface area (TPSA) is 21.3 Å². The van der Waals surface area contributed by atoms with Crippen molar-refractivity contribution in [3.05, 3.63) is 28.5 Å². The molecule has 0 saturated carbocycles. The summed E-state index contributed by atoms with van der Waals surface area (Å²) in [5, 5.41) is 3.12. The quantitative estimate of drug-likeness (QED) is 0.900. The molecule has 0 aliphatic heterocycles. The van der Waals surface area contributed by atoms with E-state index in [2.05, 4.69) is 21.2 Å². The molecule has 14 heavy (non-hydrogen) atoms. The molecule has 0 heterocycles. The van der Waals surface area contributed by atoms with Gasteiger partial charge in [-0.05, 0) is 41.1 Å². The molecule has 2 nitrogen and oxygen atoms in total. The Morgan fingerprint density at radius 2 is 2.29 bits per heavy atom. The van der Waals surface area contributed by atoms with Crippen LogP contribution < -0.4 is 5.32 Å². The maximum atomic E-state index is 13.1. The number of rotatable bonds is 4. The Balaban J connectivity index is 2.63. The first kappa shape index (κ1) is 11.5. The molecule has 0 radical (unpaired) electrons. The highest BCUT2D eigenvalue weighted by Crippen LogP contribution is 2.19. The Kier molecular flexibility index (Phi) is 4.35.